The topological polar surface area (TPSA) is 134 Å². The summed E-state index contributed by atoms with van der Waals surface area (Å²) >= 11 is 11.9. The lowest BCUT2D eigenvalue weighted by molar-refractivity contribution is -0.385. The van der Waals surface area contributed by atoms with Gasteiger partial charge < -0.3 is 4.42 Å². The number of furan rings is 1. The van der Waals surface area contributed by atoms with Crippen LogP contribution < -0.4 is 5.32 Å². The number of aromatic nitrogens is 5. The average molecular weight is 462 g/mol. The van der Waals surface area contributed by atoms with Gasteiger partial charge in [-0.1, -0.05) is 29.3 Å². The second-order valence-electron chi connectivity index (χ2n) is 6.39. The molecule has 1 amide bonds. The van der Waals surface area contributed by atoms with Crippen LogP contribution in [0.15, 0.2) is 53.5 Å². The normalized spacial score (nSPS) is 10.9. The van der Waals surface area contributed by atoms with Gasteiger partial charge in [0.1, 0.15) is 24.5 Å². The number of hydrogen-bond acceptors (Lipinski definition) is 7. The van der Waals surface area contributed by atoms with E-state index in [9.17, 15) is 14.9 Å². The Balaban J connectivity index is 1.37. The van der Waals surface area contributed by atoms with Crippen molar-refractivity contribution in [1.82, 2.24) is 24.5 Å². The van der Waals surface area contributed by atoms with Crippen molar-refractivity contribution in [2.75, 3.05) is 5.32 Å². The first kappa shape index (κ1) is 20.6. The third-order valence-electron chi connectivity index (χ3n) is 4.12. The van der Waals surface area contributed by atoms with Crippen LogP contribution in [-0.4, -0.2) is 35.4 Å². The highest BCUT2D eigenvalue weighted by atomic mass is 35.5. The van der Waals surface area contributed by atoms with Crippen LogP contribution in [0.2, 0.25) is 10.0 Å². The number of halogens is 2. The summed E-state index contributed by atoms with van der Waals surface area (Å²) in [6, 6.07) is 8.29. The first-order valence-electron chi connectivity index (χ1n) is 8.77. The van der Waals surface area contributed by atoms with Crippen LogP contribution in [0.5, 0.6) is 0 Å². The minimum atomic E-state index is -0.543. The SMILES string of the molecule is O=C(Nc1ncn(Cc2ccc(Cl)c(Cl)c2)n1)c1ccc(Cn2cc([N+](=O)[O-])cn2)o1. The first-order chi connectivity index (χ1) is 14.9. The molecule has 13 heteroatoms. The number of nitro groups is 1. The first-order valence-corrected chi connectivity index (χ1v) is 9.53. The van der Waals surface area contributed by atoms with E-state index in [0.29, 0.717) is 22.4 Å². The zero-order valence-corrected chi connectivity index (χ0v) is 17.1. The number of hydrogen-bond donors (Lipinski definition) is 1. The molecule has 0 atom stereocenters. The molecule has 0 saturated heterocycles. The van der Waals surface area contributed by atoms with E-state index in [0.717, 1.165) is 11.8 Å². The molecule has 4 rings (SSSR count). The predicted octanol–water partition coefficient (Wildman–Crippen LogP) is 3.63. The number of anilines is 1. The summed E-state index contributed by atoms with van der Waals surface area (Å²) in [5.41, 5.74) is 0.735. The molecule has 31 heavy (non-hydrogen) atoms. The lowest BCUT2D eigenvalue weighted by atomic mass is 10.2. The molecule has 1 N–H and O–H groups in total. The minimum Gasteiger partial charge on any atom is -0.454 e. The molecule has 0 aliphatic carbocycles. The number of rotatable bonds is 7. The highest BCUT2D eigenvalue weighted by Gasteiger charge is 2.15. The second kappa shape index (κ2) is 8.58. The van der Waals surface area contributed by atoms with Crippen molar-refractivity contribution in [2.24, 2.45) is 0 Å². The molecule has 3 heterocycles. The Morgan fingerprint density at radius 3 is 2.74 bits per heavy atom. The Bertz CT molecular complexity index is 1260. The monoisotopic (exact) mass is 461 g/mol. The summed E-state index contributed by atoms with van der Waals surface area (Å²) in [4.78, 5) is 26.6. The molecule has 0 spiro atoms. The van der Waals surface area contributed by atoms with Crippen molar-refractivity contribution >= 4 is 40.7 Å². The fourth-order valence-corrected chi connectivity index (χ4v) is 3.01. The van der Waals surface area contributed by atoms with Gasteiger partial charge in [-0.05, 0) is 29.8 Å². The number of carbonyl (C=O) groups is 1. The van der Waals surface area contributed by atoms with E-state index in [-0.39, 0.29) is 23.9 Å². The Labute approximate surface area is 184 Å². The van der Waals surface area contributed by atoms with Crippen molar-refractivity contribution < 1.29 is 14.1 Å². The van der Waals surface area contributed by atoms with E-state index in [2.05, 4.69) is 20.5 Å². The van der Waals surface area contributed by atoms with Gasteiger partial charge in [-0.3, -0.25) is 24.9 Å². The summed E-state index contributed by atoms with van der Waals surface area (Å²) in [5, 5.41) is 22.2. The third kappa shape index (κ3) is 4.90. The molecule has 0 unspecified atom stereocenters. The summed E-state index contributed by atoms with van der Waals surface area (Å²) in [5.74, 6) is 0.00874. The molecule has 11 nitrogen and oxygen atoms in total. The van der Waals surface area contributed by atoms with Gasteiger partial charge in [-0.2, -0.15) is 5.10 Å². The van der Waals surface area contributed by atoms with Gasteiger partial charge >= 0.3 is 5.69 Å². The predicted molar refractivity (Wildman–Crippen MR) is 110 cm³/mol. The van der Waals surface area contributed by atoms with Crippen LogP contribution in [-0.2, 0) is 13.1 Å². The molecule has 4 aromatic rings. The van der Waals surface area contributed by atoms with Gasteiger partial charge in [0.15, 0.2) is 5.76 Å². The maximum atomic E-state index is 12.4. The molecule has 1 aromatic carbocycles. The fourth-order valence-electron chi connectivity index (χ4n) is 2.69. The van der Waals surface area contributed by atoms with Gasteiger partial charge in [0.2, 0.25) is 5.95 Å². The number of benzene rings is 1. The fraction of sp³-hybridized carbons (Fsp3) is 0.111. The van der Waals surface area contributed by atoms with Gasteiger partial charge in [-0.25, -0.2) is 9.67 Å². The molecule has 158 valence electrons. The van der Waals surface area contributed by atoms with Crippen LogP contribution in [0.3, 0.4) is 0 Å². The Hall–Kier alpha value is -3.70. The molecular formula is C18H13Cl2N7O4. The summed E-state index contributed by atoms with van der Waals surface area (Å²) in [6.45, 7) is 0.526. The zero-order chi connectivity index (χ0) is 22.0. The third-order valence-corrected chi connectivity index (χ3v) is 4.86. The van der Waals surface area contributed by atoms with E-state index in [1.54, 1.807) is 18.2 Å². The molecule has 0 saturated carbocycles. The summed E-state index contributed by atoms with van der Waals surface area (Å²) < 4.78 is 8.36. The lowest BCUT2D eigenvalue weighted by Gasteiger charge is -2.03. The quantitative estimate of drug-likeness (QED) is 0.327. The van der Waals surface area contributed by atoms with Crippen LogP contribution >= 0.6 is 23.2 Å². The largest absolute Gasteiger partial charge is 0.454 e. The number of nitrogens with one attached hydrogen (secondary N) is 1. The molecular weight excluding hydrogens is 449 g/mol. The standard InChI is InChI=1S/C18H13Cl2N7O4/c19-14-3-1-11(5-15(14)20)7-26-10-21-18(24-26)23-17(28)16-4-2-13(31-16)9-25-8-12(6-22-25)27(29)30/h1-6,8,10H,7,9H2,(H,23,24,28). The maximum absolute atomic E-state index is 12.4. The van der Waals surface area contributed by atoms with E-state index in [1.807, 2.05) is 6.07 Å². The van der Waals surface area contributed by atoms with Gasteiger partial charge in [0.25, 0.3) is 5.91 Å². The molecule has 0 bridgehead atoms. The van der Waals surface area contributed by atoms with E-state index < -0.39 is 10.8 Å². The van der Waals surface area contributed by atoms with Crippen LogP contribution in [0.1, 0.15) is 21.9 Å². The van der Waals surface area contributed by atoms with Gasteiger partial charge in [0.05, 0.1) is 28.1 Å². The van der Waals surface area contributed by atoms with Crippen molar-refractivity contribution in [3.8, 4) is 0 Å². The lowest BCUT2D eigenvalue weighted by Crippen LogP contribution is -2.12. The summed E-state index contributed by atoms with van der Waals surface area (Å²) in [7, 11) is 0. The highest BCUT2D eigenvalue weighted by molar-refractivity contribution is 6.42. The van der Waals surface area contributed by atoms with Gasteiger partial charge in [0, 0.05) is 0 Å². The number of nitrogens with zero attached hydrogens (tertiary/aromatic N) is 6. The number of carbonyl (C=O) groups excluding carboxylic acids is 1. The van der Waals surface area contributed by atoms with E-state index >= 15 is 0 Å². The Morgan fingerprint density at radius 1 is 1.16 bits per heavy atom. The molecule has 0 aliphatic heterocycles. The van der Waals surface area contributed by atoms with Gasteiger partial charge in [-0.15, -0.1) is 5.10 Å². The van der Waals surface area contributed by atoms with Crippen molar-refractivity contribution in [3.63, 3.8) is 0 Å². The van der Waals surface area contributed by atoms with E-state index in [1.165, 1.54) is 28.0 Å². The Kier molecular flexibility index (Phi) is 5.69. The average Bonchev–Trinajstić information content (AvgIpc) is 3.47. The van der Waals surface area contributed by atoms with E-state index in [4.69, 9.17) is 27.6 Å². The second-order valence-corrected chi connectivity index (χ2v) is 7.20. The van der Waals surface area contributed by atoms with Crippen LogP contribution in [0.4, 0.5) is 11.6 Å². The van der Waals surface area contributed by atoms with Crippen molar-refractivity contribution in [2.45, 2.75) is 13.1 Å². The smallest absolute Gasteiger partial charge is 0.307 e. The Morgan fingerprint density at radius 2 is 2.00 bits per heavy atom. The zero-order valence-electron chi connectivity index (χ0n) is 15.6. The van der Waals surface area contributed by atoms with Crippen molar-refractivity contribution in [1.29, 1.82) is 0 Å². The molecule has 0 radical (unpaired) electrons. The summed E-state index contributed by atoms with van der Waals surface area (Å²) in [6.07, 6.45) is 3.87. The maximum Gasteiger partial charge on any atom is 0.307 e. The minimum absolute atomic E-state index is 0.0393. The number of amides is 1. The van der Waals surface area contributed by atoms with Crippen molar-refractivity contribution in [3.05, 3.63) is 86.3 Å². The highest BCUT2D eigenvalue weighted by Crippen LogP contribution is 2.23. The molecule has 0 aliphatic rings. The van der Waals surface area contributed by atoms with Crippen LogP contribution in [0.25, 0.3) is 0 Å². The molecule has 0 fully saturated rings. The van der Waals surface area contributed by atoms with Crippen LogP contribution in [0, 0.1) is 10.1 Å². The molecule has 3 aromatic heterocycles.